The number of hydrogen-bond donors (Lipinski definition) is 0. The van der Waals surface area contributed by atoms with Gasteiger partial charge in [-0.3, -0.25) is 14.4 Å². The third kappa shape index (κ3) is 6.03. The Bertz CT molecular complexity index is 385. The lowest BCUT2D eigenvalue weighted by molar-refractivity contribution is -0.135. The maximum atomic E-state index is 12.3. The average molecular weight is 311 g/mol. The molecule has 0 atom stereocenters. The van der Waals surface area contributed by atoms with Crippen molar-refractivity contribution in [3.63, 3.8) is 0 Å². The molecule has 1 rings (SSSR count). The van der Waals surface area contributed by atoms with Crippen molar-refractivity contribution in [2.75, 3.05) is 39.3 Å². The summed E-state index contributed by atoms with van der Waals surface area (Å²) < 4.78 is 0. The number of nitrogens with zero attached hydrogens (tertiary/aromatic N) is 3. The predicted octanol–water partition coefficient (Wildman–Crippen LogP) is 0.962. The maximum absolute atomic E-state index is 12.3. The minimum absolute atomic E-state index is 0.0250. The van der Waals surface area contributed by atoms with Gasteiger partial charge in [-0.2, -0.15) is 0 Å². The highest BCUT2D eigenvalue weighted by Gasteiger charge is 2.20. The van der Waals surface area contributed by atoms with E-state index in [1.807, 2.05) is 25.7 Å². The molecule has 0 aromatic heterocycles. The SMILES string of the molecule is CCN(CCCN1CCCC1=O)C(=O)CN(C=O)CC(C)C. The first-order valence-electron chi connectivity index (χ1n) is 8.22. The Labute approximate surface area is 133 Å². The van der Waals surface area contributed by atoms with Crippen molar-refractivity contribution in [3.05, 3.63) is 0 Å². The van der Waals surface area contributed by atoms with Crippen LogP contribution >= 0.6 is 0 Å². The number of likely N-dealkylation sites (N-methyl/N-ethyl adjacent to an activating group) is 1. The lowest BCUT2D eigenvalue weighted by Gasteiger charge is -2.26. The van der Waals surface area contributed by atoms with Crippen molar-refractivity contribution in [2.45, 2.75) is 40.0 Å². The average Bonchev–Trinajstić information content (AvgIpc) is 2.87. The highest BCUT2D eigenvalue weighted by atomic mass is 16.2. The molecule has 6 heteroatoms. The van der Waals surface area contributed by atoms with E-state index in [0.29, 0.717) is 38.5 Å². The van der Waals surface area contributed by atoms with Crippen molar-refractivity contribution in [3.8, 4) is 0 Å². The maximum Gasteiger partial charge on any atom is 0.242 e. The Morgan fingerprint density at radius 1 is 1.41 bits per heavy atom. The molecule has 126 valence electrons. The lowest BCUT2D eigenvalue weighted by atomic mass is 10.2. The fourth-order valence-corrected chi connectivity index (χ4v) is 2.74. The quantitative estimate of drug-likeness (QED) is 0.565. The van der Waals surface area contributed by atoms with Crippen LogP contribution in [-0.2, 0) is 14.4 Å². The largest absolute Gasteiger partial charge is 0.343 e. The van der Waals surface area contributed by atoms with E-state index in [0.717, 1.165) is 25.8 Å². The molecule has 0 unspecified atom stereocenters. The summed E-state index contributed by atoms with van der Waals surface area (Å²) in [7, 11) is 0. The lowest BCUT2D eigenvalue weighted by Crippen LogP contribution is -2.42. The van der Waals surface area contributed by atoms with Crippen LogP contribution in [0.15, 0.2) is 0 Å². The first kappa shape index (κ1) is 18.5. The van der Waals surface area contributed by atoms with Crippen LogP contribution in [0.5, 0.6) is 0 Å². The number of carbonyl (C=O) groups excluding carboxylic acids is 3. The van der Waals surface area contributed by atoms with Gasteiger partial charge < -0.3 is 14.7 Å². The Morgan fingerprint density at radius 3 is 2.64 bits per heavy atom. The minimum atomic E-state index is -0.0250. The van der Waals surface area contributed by atoms with Crippen LogP contribution in [0.4, 0.5) is 0 Å². The fourth-order valence-electron chi connectivity index (χ4n) is 2.74. The van der Waals surface area contributed by atoms with Crippen LogP contribution < -0.4 is 0 Å². The smallest absolute Gasteiger partial charge is 0.242 e. The molecule has 0 bridgehead atoms. The van der Waals surface area contributed by atoms with Gasteiger partial charge in [0.15, 0.2) is 0 Å². The summed E-state index contributed by atoms with van der Waals surface area (Å²) in [6, 6.07) is 0. The van der Waals surface area contributed by atoms with Crippen LogP contribution in [-0.4, -0.2) is 72.2 Å². The Hall–Kier alpha value is -1.59. The number of amides is 3. The molecular formula is C16H29N3O3. The number of carbonyl (C=O) groups is 3. The van der Waals surface area contributed by atoms with Gasteiger partial charge in [-0.25, -0.2) is 0 Å². The number of hydrogen-bond acceptors (Lipinski definition) is 3. The topological polar surface area (TPSA) is 60.9 Å². The Kier molecular flexibility index (Phi) is 7.91. The summed E-state index contributed by atoms with van der Waals surface area (Å²) in [5, 5.41) is 0. The molecule has 1 saturated heterocycles. The fraction of sp³-hybridized carbons (Fsp3) is 0.812. The molecule has 1 aliphatic rings. The molecule has 0 aromatic carbocycles. The predicted molar refractivity (Wildman–Crippen MR) is 85.2 cm³/mol. The van der Waals surface area contributed by atoms with Crippen LogP contribution in [0.25, 0.3) is 0 Å². The van der Waals surface area contributed by atoms with Gasteiger partial charge in [0.25, 0.3) is 0 Å². The first-order valence-corrected chi connectivity index (χ1v) is 8.22. The zero-order valence-corrected chi connectivity index (χ0v) is 14.1. The summed E-state index contributed by atoms with van der Waals surface area (Å²) in [5.41, 5.74) is 0. The molecule has 0 aliphatic carbocycles. The van der Waals surface area contributed by atoms with Crippen LogP contribution in [0.3, 0.4) is 0 Å². The van der Waals surface area contributed by atoms with Crippen LogP contribution in [0, 0.1) is 5.92 Å². The number of rotatable bonds is 10. The van der Waals surface area contributed by atoms with Gasteiger partial charge in [0, 0.05) is 39.1 Å². The van der Waals surface area contributed by atoms with E-state index in [-0.39, 0.29) is 18.4 Å². The van der Waals surface area contributed by atoms with Gasteiger partial charge in [0.2, 0.25) is 18.2 Å². The van der Waals surface area contributed by atoms with E-state index in [4.69, 9.17) is 0 Å². The molecule has 0 N–H and O–H groups in total. The summed E-state index contributed by atoms with van der Waals surface area (Å²) in [6.45, 7) is 9.52. The second-order valence-corrected chi connectivity index (χ2v) is 6.24. The zero-order valence-electron chi connectivity index (χ0n) is 14.1. The highest BCUT2D eigenvalue weighted by Crippen LogP contribution is 2.10. The van der Waals surface area contributed by atoms with Gasteiger partial charge >= 0.3 is 0 Å². The van der Waals surface area contributed by atoms with Crippen molar-refractivity contribution >= 4 is 18.2 Å². The molecule has 22 heavy (non-hydrogen) atoms. The monoisotopic (exact) mass is 311 g/mol. The molecule has 1 fully saturated rings. The molecule has 0 saturated carbocycles. The highest BCUT2D eigenvalue weighted by molar-refractivity contribution is 5.80. The van der Waals surface area contributed by atoms with E-state index in [2.05, 4.69) is 0 Å². The summed E-state index contributed by atoms with van der Waals surface area (Å²) in [4.78, 5) is 40.0. The van der Waals surface area contributed by atoms with Crippen LogP contribution in [0.1, 0.15) is 40.0 Å². The first-order chi connectivity index (χ1) is 10.5. The van der Waals surface area contributed by atoms with Gasteiger partial charge in [0.1, 0.15) is 0 Å². The molecule has 0 aromatic rings. The van der Waals surface area contributed by atoms with Crippen molar-refractivity contribution in [1.29, 1.82) is 0 Å². The van der Waals surface area contributed by atoms with Gasteiger partial charge in [-0.1, -0.05) is 13.8 Å². The summed E-state index contributed by atoms with van der Waals surface area (Å²) in [6.07, 6.45) is 3.13. The summed E-state index contributed by atoms with van der Waals surface area (Å²) >= 11 is 0. The van der Waals surface area contributed by atoms with Crippen molar-refractivity contribution < 1.29 is 14.4 Å². The van der Waals surface area contributed by atoms with E-state index >= 15 is 0 Å². The normalized spacial score (nSPS) is 14.5. The van der Waals surface area contributed by atoms with Crippen molar-refractivity contribution in [2.24, 2.45) is 5.92 Å². The number of likely N-dealkylation sites (tertiary alicyclic amines) is 1. The van der Waals surface area contributed by atoms with Gasteiger partial charge in [-0.05, 0) is 25.7 Å². The van der Waals surface area contributed by atoms with E-state index < -0.39 is 0 Å². The molecule has 0 radical (unpaired) electrons. The van der Waals surface area contributed by atoms with Gasteiger partial charge in [-0.15, -0.1) is 0 Å². The zero-order chi connectivity index (χ0) is 16.5. The summed E-state index contributed by atoms with van der Waals surface area (Å²) in [5.74, 6) is 0.538. The molecule has 0 spiro atoms. The molecule has 6 nitrogen and oxygen atoms in total. The Balaban J connectivity index is 2.36. The van der Waals surface area contributed by atoms with E-state index in [1.165, 1.54) is 4.90 Å². The Morgan fingerprint density at radius 2 is 2.14 bits per heavy atom. The van der Waals surface area contributed by atoms with Gasteiger partial charge in [0.05, 0.1) is 6.54 Å². The molecule has 1 aliphatic heterocycles. The molecular weight excluding hydrogens is 282 g/mol. The minimum Gasteiger partial charge on any atom is -0.343 e. The van der Waals surface area contributed by atoms with E-state index in [9.17, 15) is 14.4 Å². The third-order valence-corrected chi connectivity index (χ3v) is 3.85. The molecule has 1 heterocycles. The van der Waals surface area contributed by atoms with Crippen molar-refractivity contribution in [1.82, 2.24) is 14.7 Å². The van der Waals surface area contributed by atoms with Crippen LogP contribution in [0.2, 0.25) is 0 Å². The second kappa shape index (κ2) is 9.43. The molecule has 3 amide bonds. The van der Waals surface area contributed by atoms with E-state index in [1.54, 1.807) is 4.90 Å². The standard InChI is InChI=1S/C16H29N3O3/c1-4-18(9-6-10-19-8-5-7-15(19)21)16(22)12-17(13-20)11-14(2)3/h13-14H,4-12H2,1-3H3. The second-order valence-electron chi connectivity index (χ2n) is 6.24. The third-order valence-electron chi connectivity index (χ3n) is 3.85.